The van der Waals surface area contributed by atoms with Crippen LogP contribution in [0, 0.1) is 0 Å². The first kappa shape index (κ1) is 19.4. The van der Waals surface area contributed by atoms with Crippen LogP contribution in [0.2, 0.25) is 0 Å². The molecule has 1 aromatic carbocycles. The smallest absolute Gasteiger partial charge is 0.318 e. The number of carbonyl (C=O) groups is 1. The Kier molecular flexibility index (Phi) is 5.52. The zero-order valence-corrected chi connectivity index (χ0v) is 16.7. The van der Waals surface area contributed by atoms with Gasteiger partial charge in [-0.15, -0.1) is 0 Å². The van der Waals surface area contributed by atoms with Crippen molar-refractivity contribution in [3.63, 3.8) is 0 Å². The molecule has 0 atom stereocenters. The van der Waals surface area contributed by atoms with Crippen LogP contribution < -0.4 is 5.32 Å². The van der Waals surface area contributed by atoms with Gasteiger partial charge in [0.2, 0.25) is 10.0 Å². The number of imidazole rings is 1. The van der Waals surface area contributed by atoms with Gasteiger partial charge >= 0.3 is 6.03 Å². The molecular weight excluding hydrogens is 366 g/mol. The quantitative estimate of drug-likeness (QED) is 0.835. The third kappa shape index (κ3) is 3.84. The lowest BCUT2D eigenvalue weighted by Crippen LogP contribution is -2.43. The average molecular weight is 391 g/mol. The molecule has 2 aromatic rings. The molecule has 146 valence electrons. The second kappa shape index (κ2) is 7.69. The van der Waals surface area contributed by atoms with Crippen LogP contribution in [0.4, 0.5) is 4.79 Å². The van der Waals surface area contributed by atoms with E-state index in [0.717, 1.165) is 23.5 Å². The molecule has 1 aromatic heterocycles. The number of nitrogens with zero attached hydrogens (tertiary/aromatic N) is 4. The number of aromatic nitrogens is 2. The maximum absolute atomic E-state index is 12.5. The number of urea groups is 1. The van der Waals surface area contributed by atoms with E-state index in [1.54, 1.807) is 23.2 Å². The molecule has 27 heavy (non-hydrogen) atoms. The molecule has 0 spiro atoms. The molecule has 3 rings (SSSR count). The minimum atomic E-state index is -3.50. The summed E-state index contributed by atoms with van der Waals surface area (Å²) >= 11 is 0. The average Bonchev–Trinajstić information content (AvgIpc) is 3.12. The van der Waals surface area contributed by atoms with E-state index < -0.39 is 10.0 Å². The fourth-order valence-electron chi connectivity index (χ4n) is 3.25. The zero-order chi connectivity index (χ0) is 19.6. The first-order chi connectivity index (χ1) is 12.8. The van der Waals surface area contributed by atoms with Crippen molar-refractivity contribution in [2.75, 3.05) is 20.6 Å². The van der Waals surface area contributed by atoms with Gasteiger partial charge in [0.15, 0.2) is 0 Å². The predicted molar refractivity (Wildman–Crippen MR) is 102 cm³/mol. The Bertz CT molecular complexity index is 936. The Balaban J connectivity index is 1.72. The van der Waals surface area contributed by atoms with Gasteiger partial charge in [0.1, 0.15) is 5.82 Å². The summed E-state index contributed by atoms with van der Waals surface area (Å²) in [5.41, 5.74) is 1.67. The number of carbonyl (C=O) groups excluding carboxylic acids is 1. The minimum absolute atomic E-state index is 0.174. The number of sulfonamides is 1. The van der Waals surface area contributed by atoms with Crippen molar-refractivity contribution >= 4 is 16.1 Å². The molecule has 0 radical (unpaired) electrons. The van der Waals surface area contributed by atoms with Crippen molar-refractivity contribution in [2.45, 2.75) is 37.9 Å². The van der Waals surface area contributed by atoms with Gasteiger partial charge in [0.05, 0.1) is 11.4 Å². The molecule has 1 aliphatic rings. The van der Waals surface area contributed by atoms with Crippen LogP contribution in [0.5, 0.6) is 0 Å². The summed E-state index contributed by atoms with van der Waals surface area (Å²) in [6, 6.07) is 5.07. The number of hydrogen-bond acceptors (Lipinski definition) is 4. The fraction of sp³-hybridized carbons (Fsp3) is 0.444. The van der Waals surface area contributed by atoms with E-state index in [4.69, 9.17) is 0 Å². The summed E-state index contributed by atoms with van der Waals surface area (Å²) < 4.78 is 28.3. The standard InChI is InChI=1S/C18H25N5O3S/c1-4-22-11-9-19-17(22)12-20-18(24)23-10-8-15-14(13-23)6-5-7-16(15)27(25,26)21(2)3/h5-7,9,11H,4,8,10,12-13H2,1-3H3,(H,20,24). The Morgan fingerprint density at radius 2 is 2.11 bits per heavy atom. The SMILES string of the molecule is CCn1ccnc1CNC(=O)N1CCc2c(cccc2S(=O)(=O)N(C)C)C1. The Hall–Kier alpha value is -2.39. The van der Waals surface area contributed by atoms with E-state index in [0.29, 0.717) is 31.0 Å². The normalized spacial score (nSPS) is 14.3. The van der Waals surface area contributed by atoms with Gasteiger partial charge in [-0.2, -0.15) is 0 Å². The molecule has 0 aliphatic carbocycles. The maximum Gasteiger partial charge on any atom is 0.318 e. The number of rotatable bonds is 5. The number of fused-ring (bicyclic) bond motifs is 1. The van der Waals surface area contributed by atoms with Crippen LogP contribution in [0.1, 0.15) is 23.9 Å². The van der Waals surface area contributed by atoms with Crippen LogP contribution >= 0.6 is 0 Å². The molecule has 0 bridgehead atoms. The first-order valence-corrected chi connectivity index (χ1v) is 10.3. The molecular formula is C18H25N5O3S. The molecule has 8 nitrogen and oxygen atoms in total. The molecule has 1 aliphatic heterocycles. The molecule has 0 fully saturated rings. The molecule has 0 saturated heterocycles. The van der Waals surface area contributed by atoms with Gasteiger partial charge in [0, 0.05) is 46.1 Å². The second-order valence-corrected chi connectivity index (χ2v) is 8.76. The van der Waals surface area contributed by atoms with Gasteiger partial charge in [-0.1, -0.05) is 12.1 Å². The predicted octanol–water partition coefficient (Wildman–Crippen LogP) is 1.42. The molecule has 2 heterocycles. The number of nitrogens with one attached hydrogen (secondary N) is 1. The van der Waals surface area contributed by atoms with Crippen molar-refractivity contribution in [1.29, 1.82) is 0 Å². The Morgan fingerprint density at radius 3 is 2.81 bits per heavy atom. The molecule has 1 N–H and O–H groups in total. The van der Waals surface area contributed by atoms with Gasteiger partial charge in [-0.05, 0) is 30.5 Å². The third-order valence-electron chi connectivity index (χ3n) is 4.81. The minimum Gasteiger partial charge on any atom is -0.334 e. The number of benzene rings is 1. The maximum atomic E-state index is 12.5. The van der Waals surface area contributed by atoms with Crippen LogP contribution in [-0.4, -0.2) is 53.8 Å². The lowest BCUT2D eigenvalue weighted by Gasteiger charge is -2.30. The van der Waals surface area contributed by atoms with Crippen molar-refractivity contribution in [2.24, 2.45) is 0 Å². The van der Waals surface area contributed by atoms with Gasteiger partial charge in [-0.3, -0.25) is 0 Å². The summed E-state index contributed by atoms with van der Waals surface area (Å²) in [6.45, 7) is 4.04. The second-order valence-electron chi connectivity index (χ2n) is 6.64. The van der Waals surface area contributed by atoms with Crippen LogP contribution in [0.25, 0.3) is 0 Å². The van der Waals surface area contributed by atoms with Crippen LogP contribution in [-0.2, 0) is 36.1 Å². The van der Waals surface area contributed by atoms with Crippen molar-refractivity contribution < 1.29 is 13.2 Å². The Morgan fingerprint density at radius 1 is 1.33 bits per heavy atom. The molecule has 2 amide bonds. The van der Waals surface area contributed by atoms with Gasteiger partial charge in [-0.25, -0.2) is 22.5 Å². The molecule has 0 saturated carbocycles. The highest BCUT2D eigenvalue weighted by molar-refractivity contribution is 7.89. The number of aryl methyl sites for hydroxylation is 1. The lowest BCUT2D eigenvalue weighted by atomic mass is 10.00. The van der Waals surface area contributed by atoms with Crippen LogP contribution in [0.15, 0.2) is 35.5 Å². The summed E-state index contributed by atoms with van der Waals surface area (Å²) in [5, 5.41) is 2.90. The monoisotopic (exact) mass is 391 g/mol. The zero-order valence-electron chi connectivity index (χ0n) is 15.8. The fourth-order valence-corrected chi connectivity index (χ4v) is 4.44. The van der Waals surface area contributed by atoms with E-state index >= 15 is 0 Å². The van der Waals surface area contributed by atoms with Crippen LogP contribution in [0.3, 0.4) is 0 Å². The lowest BCUT2D eigenvalue weighted by molar-refractivity contribution is 0.191. The van der Waals surface area contributed by atoms with E-state index in [-0.39, 0.29) is 6.03 Å². The van der Waals surface area contributed by atoms with Gasteiger partial charge in [0.25, 0.3) is 0 Å². The molecule has 0 unspecified atom stereocenters. The van der Waals surface area contributed by atoms with E-state index in [9.17, 15) is 13.2 Å². The summed E-state index contributed by atoms with van der Waals surface area (Å²) in [5.74, 6) is 0.808. The molecule has 9 heteroatoms. The number of amides is 2. The van der Waals surface area contributed by atoms with Crippen molar-refractivity contribution in [3.05, 3.63) is 47.5 Å². The third-order valence-corrected chi connectivity index (χ3v) is 6.71. The summed E-state index contributed by atoms with van der Waals surface area (Å²) in [6.07, 6.45) is 4.11. The van der Waals surface area contributed by atoms with E-state index in [2.05, 4.69) is 10.3 Å². The summed E-state index contributed by atoms with van der Waals surface area (Å²) in [7, 11) is -0.450. The van der Waals surface area contributed by atoms with Crippen molar-refractivity contribution in [1.82, 2.24) is 24.1 Å². The summed E-state index contributed by atoms with van der Waals surface area (Å²) in [4.78, 5) is 18.8. The highest BCUT2D eigenvalue weighted by Crippen LogP contribution is 2.27. The topological polar surface area (TPSA) is 87.5 Å². The van der Waals surface area contributed by atoms with E-state index in [1.165, 1.54) is 18.4 Å². The highest BCUT2D eigenvalue weighted by Gasteiger charge is 2.28. The van der Waals surface area contributed by atoms with E-state index in [1.807, 2.05) is 23.8 Å². The number of hydrogen-bond donors (Lipinski definition) is 1. The highest BCUT2D eigenvalue weighted by atomic mass is 32.2. The first-order valence-electron chi connectivity index (χ1n) is 8.90. The van der Waals surface area contributed by atoms with Crippen molar-refractivity contribution in [3.8, 4) is 0 Å². The van der Waals surface area contributed by atoms with Gasteiger partial charge < -0.3 is 14.8 Å². The Labute approximate surface area is 159 Å². The largest absolute Gasteiger partial charge is 0.334 e.